The normalized spacial score (nSPS) is 10.9. The van der Waals surface area contributed by atoms with E-state index in [0.29, 0.717) is 11.3 Å². The fourth-order valence-corrected chi connectivity index (χ4v) is 3.14. The van der Waals surface area contributed by atoms with Gasteiger partial charge in [-0.3, -0.25) is 9.78 Å². The first-order valence-electron chi connectivity index (χ1n) is 8.93. The molecule has 1 N–H and O–H groups in total. The van der Waals surface area contributed by atoms with Crippen molar-refractivity contribution in [3.63, 3.8) is 0 Å². The summed E-state index contributed by atoms with van der Waals surface area (Å²) >= 11 is 0. The number of nitrogens with one attached hydrogen (secondary N) is 1. The van der Waals surface area contributed by atoms with E-state index in [1.54, 1.807) is 30.6 Å². The quantitative estimate of drug-likeness (QED) is 0.523. The number of nitrogens with zero attached hydrogens (tertiary/aromatic N) is 3. The Labute approximate surface area is 169 Å². The Kier molecular flexibility index (Phi) is 5.05. The predicted octanol–water partition coefficient (Wildman–Crippen LogP) is 4.64. The first kappa shape index (κ1) is 19.4. The van der Waals surface area contributed by atoms with Crippen molar-refractivity contribution >= 4 is 28.5 Å². The van der Waals surface area contributed by atoms with Crippen LogP contribution in [0.5, 0.6) is 0 Å². The van der Waals surface area contributed by atoms with Crippen molar-refractivity contribution in [1.82, 2.24) is 14.5 Å². The number of rotatable bonds is 5. The highest BCUT2D eigenvalue weighted by molar-refractivity contribution is 5.94. The number of fused-ring (bicyclic) bond motifs is 1. The molecule has 2 aromatic heterocycles. The van der Waals surface area contributed by atoms with Crippen LogP contribution in [0.15, 0.2) is 66.4 Å². The highest BCUT2D eigenvalue weighted by Crippen LogP contribution is 2.25. The summed E-state index contributed by atoms with van der Waals surface area (Å²) in [6.07, 6.45) is 5.47. The molecule has 30 heavy (non-hydrogen) atoms. The van der Waals surface area contributed by atoms with Crippen LogP contribution in [0.2, 0.25) is 0 Å². The molecule has 4 rings (SSSR count). The summed E-state index contributed by atoms with van der Waals surface area (Å²) in [5.74, 6) is -3.07. The summed E-state index contributed by atoms with van der Waals surface area (Å²) in [4.78, 5) is 19.7. The Morgan fingerprint density at radius 3 is 2.77 bits per heavy atom. The van der Waals surface area contributed by atoms with Crippen LogP contribution in [0, 0.1) is 17.5 Å². The lowest BCUT2D eigenvalue weighted by molar-refractivity contribution is 0.504. The van der Waals surface area contributed by atoms with Gasteiger partial charge in [-0.1, -0.05) is 24.8 Å². The zero-order valence-corrected chi connectivity index (χ0v) is 15.6. The van der Waals surface area contributed by atoms with Crippen LogP contribution < -0.4 is 10.9 Å². The molecule has 2 aromatic carbocycles. The molecule has 0 fully saturated rings. The van der Waals surface area contributed by atoms with Gasteiger partial charge in [0.1, 0.15) is 0 Å². The van der Waals surface area contributed by atoms with Crippen LogP contribution >= 0.6 is 0 Å². The minimum Gasteiger partial charge on any atom is -0.325 e. The third-order valence-corrected chi connectivity index (χ3v) is 4.57. The van der Waals surface area contributed by atoms with E-state index in [1.165, 1.54) is 16.7 Å². The average molecular weight is 408 g/mol. The molecule has 0 aliphatic heterocycles. The van der Waals surface area contributed by atoms with Crippen molar-refractivity contribution in [2.45, 2.75) is 6.54 Å². The summed E-state index contributed by atoms with van der Waals surface area (Å²) in [7, 11) is 0. The second-order valence-corrected chi connectivity index (χ2v) is 6.56. The molecule has 0 saturated heterocycles. The van der Waals surface area contributed by atoms with Crippen molar-refractivity contribution in [3.8, 4) is 0 Å². The molecule has 0 atom stereocenters. The number of halogens is 3. The molecule has 0 radical (unpaired) electrons. The molecular formula is C22H15F3N4O. The van der Waals surface area contributed by atoms with E-state index in [1.807, 2.05) is 6.07 Å². The van der Waals surface area contributed by atoms with Gasteiger partial charge in [-0.05, 0) is 29.8 Å². The summed E-state index contributed by atoms with van der Waals surface area (Å²) < 4.78 is 42.9. The third kappa shape index (κ3) is 3.67. The maximum absolute atomic E-state index is 14.0. The molecule has 0 bridgehead atoms. The van der Waals surface area contributed by atoms with E-state index in [2.05, 4.69) is 21.9 Å². The van der Waals surface area contributed by atoms with Crippen LogP contribution in [0.3, 0.4) is 0 Å². The standard InChI is InChI=1S/C22H15F3N4O/c1-2-14-8-13(9-17(23)20(14)25)11-29-12-18(24)21(30)28-22(29)27-19-5-3-4-15-10-26-7-6-16(15)19/h2-10,12H,1,11H2,(H,27,28,30). The van der Waals surface area contributed by atoms with Gasteiger partial charge in [-0.2, -0.15) is 9.37 Å². The number of aromatic nitrogens is 3. The van der Waals surface area contributed by atoms with Crippen molar-refractivity contribution < 1.29 is 13.2 Å². The Hall–Kier alpha value is -3.94. The maximum atomic E-state index is 14.0. The van der Waals surface area contributed by atoms with Crippen LogP contribution in [0.4, 0.5) is 24.8 Å². The first-order chi connectivity index (χ1) is 14.5. The highest BCUT2D eigenvalue weighted by atomic mass is 19.2. The molecule has 5 nitrogen and oxygen atoms in total. The first-order valence-corrected chi connectivity index (χ1v) is 8.93. The second kappa shape index (κ2) is 7.82. The van der Waals surface area contributed by atoms with Crippen molar-refractivity contribution in [3.05, 3.63) is 101 Å². The Balaban J connectivity index is 1.78. The number of pyridine rings is 1. The van der Waals surface area contributed by atoms with Gasteiger partial charge >= 0.3 is 5.56 Å². The number of hydrogen-bond acceptors (Lipinski definition) is 4. The van der Waals surface area contributed by atoms with E-state index in [9.17, 15) is 18.0 Å². The zero-order valence-electron chi connectivity index (χ0n) is 15.6. The topological polar surface area (TPSA) is 59.8 Å². The number of anilines is 2. The van der Waals surface area contributed by atoms with Crippen molar-refractivity contribution in [2.75, 3.05) is 5.32 Å². The smallest absolute Gasteiger partial charge is 0.310 e. The summed E-state index contributed by atoms with van der Waals surface area (Å²) in [6.45, 7) is 3.41. The SMILES string of the molecule is C=Cc1cc(Cn2cc(F)c(=O)nc2Nc2cccc3cnccc23)cc(F)c1F. The van der Waals surface area contributed by atoms with Gasteiger partial charge in [0.2, 0.25) is 11.8 Å². The van der Waals surface area contributed by atoms with Crippen molar-refractivity contribution in [2.24, 2.45) is 0 Å². The number of hydrogen-bond donors (Lipinski definition) is 1. The fourth-order valence-electron chi connectivity index (χ4n) is 3.14. The molecule has 4 aromatic rings. The Morgan fingerprint density at radius 2 is 1.97 bits per heavy atom. The van der Waals surface area contributed by atoms with E-state index in [4.69, 9.17) is 0 Å². The highest BCUT2D eigenvalue weighted by Gasteiger charge is 2.13. The summed E-state index contributed by atoms with van der Waals surface area (Å²) in [5, 5.41) is 4.70. The molecule has 0 spiro atoms. The predicted molar refractivity (Wildman–Crippen MR) is 109 cm³/mol. The Bertz CT molecular complexity index is 1330. The van der Waals surface area contributed by atoms with E-state index < -0.39 is 23.0 Å². The van der Waals surface area contributed by atoms with Gasteiger partial charge in [0, 0.05) is 40.6 Å². The minimum atomic E-state index is -1.06. The third-order valence-electron chi connectivity index (χ3n) is 4.57. The fraction of sp³-hybridized carbons (Fsp3) is 0.0455. The minimum absolute atomic E-state index is 0.0180. The molecule has 2 heterocycles. The lowest BCUT2D eigenvalue weighted by Gasteiger charge is -2.16. The van der Waals surface area contributed by atoms with Crippen LogP contribution in [0.1, 0.15) is 11.1 Å². The monoisotopic (exact) mass is 408 g/mol. The maximum Gasteiger partial charge on any atom is 0.310 e. The zero-order chi connectivity index (χ0) is 21.3. The van der Waals surface area contributed by atoms with Gasteiger partial charge in [0.25, 0.3) is 0 Å². The summed E-state index contributed by atoms with van der Waals surface area (Å²) in [6, 6.07) is 9.63. The van der Waals surface area contributed by atoms with E-state index >= 15 is 0 Å². The molecule has 0 aliphatic carbocycles. The molecular weight excluding hydrogens is 393 g/mol. The molecule has 0 saturated carbocycles. The van der Waals surface area contributed by atoms with Gasteiger partial charge in [-0.25, -0.2) is 8.78 Å². The second-order valence-electron chi connectivity index (χ2n) is 6.56. The number of benzene rings is 2. The average Bonchev–Trinajstić information content (AvgIpc) is 2.74. The van der Waals surface area contributed by atoms with Gasteiger partial charge in [0.05, 0.1) is 6.54 Å². The molecule has 0 aliphatic rings. The Morgan fingerprint density at radius 1 is 1.13 bits per heavy atom. The molecule has 150 valence electrons. The molecule has 0 unspecified atom stereocenters. The molecule has 8 heteroatoms. The lowest BCUT2D eigenvalue weighted by Crippen LogP contribution is -2.20. The van der Waals surface area contributed by atoms with Gasteiger partial charge in [0.15, 0.2) is 11.6 Å². The summed E-state index contributed by atoms with van der Waals surface area (Å²) in [5.41, 5.74) is -0.0821. The largest absolute Gasteiger partial charge is 0.325 e. The van der Waals surface area contributed by atoms with Crippen LogP contribution in [-0.4, -0.2) is 14.5 Å². The van der Waals surface area contributed by atoms with Crippen molar-refractivity contribution in [1.29, 1.82) is 0 Å². The van der Waals surface area contributed by atoms with E-state index in [-0.39, 0.29) is 18.1 Å². The van der Waals surface area contributed by atoms with E-state index in [0.717, 1.165) is 23.0 Å². The van der Waals surface area contributed by atoms with Gasteiger partial charge < -0.3 is 9.88 Å². The molecule has 0 amide bonds. The lowest BCUT2D eigenvalue weighted by atomic mass is 10.1. The van der Waals surface area contributed by atoms with Gasteiger partial charge in [-0.15, -0.1) is 0 Å². The van der Waals surface area contributed by atoms with Crippen LogP contribution in [-0.2, 0) is 6.54 Å². The van der Waals surface area contributed by atoms with Crippen LogP contribution in [0.25, 0.3) is 16.8 Å².